The molecule has 4 rings (SSSR count). The molecule has 0 saturated carbocycles. The lowest BCUT2D eigenvalue weighted by Gasteiger charge is -2.06. The van der Waals surface area contributed by atoms with Crippen LogP contribution in [0.4, 0.5) is 4.79 Å². The van der Waals surface area contributed by atoms with Crippen molar-refractivity contribution in [3.8, 4) is 40.1 Å². The van der Waals surface area contributed by atoms with Gasteiger partial charge >= 0.3 is 6.03 Å². The molecule has 1 aliphatic rings. The van der Waals surface area contributed by atoms with E-state index in [0.717, 1.165) is 0 Å². The molecule has 0 radical (unpaired) electrons. The van der Waals surface area contributed by atoms with Crippen molar-refractivity contribution in [3.05, 3.63) is 48.5 Å². The van der Waals surface area contributed by atoms with Gasteiger partial charge in [0, 0.05) is 35.3 Å². The summed E-state index contributed by atoms with van der Waals surface area (Å²) >= 11 is 0. The minimum atomic E-state index is -0.888. The highest BCUT2D eigenvalue weighted by molar-refractivity contribution is 6.05. The number of carbonyl (C=O) groups excluding carboxylic acids is 2. The largest absolute Gasteiger partial charge is 0.506 e. The Balaban J connectivity index is 1.65. The van der Waals surface area contributed by atoms with Gasteiger partial charge in [-0.25, -0.2) is 9.78 Å². The summed E-state index contributed by atoms with van der Waals surface area (Å²) in [7, 11) is 0. The molecular formula is C18H12N6O3. The third kappa shape index (κ3) is 3.32. The maximum Gasteiger partial charge on any atom is 0.322 e. The van der Waals surface area contributed by atoms with Crippen molar-refractivity contribution in [2.45, 2.75) is 6.04 Å². The molecule has 3 aromatic heterocycles. The molecule has 1 saturated heterocycles. The zero-order chi connectivity index (χ0) is 18.8. The molecule has 9 nitrogen and oxygen atoms in total. The maximum absolute atomic E-state index is 11.5. The molecule has 27 heavy (non-hydrogen) atoms. The van der Waals surface area contributed by atoms with E-state index in [-0.39, 0.29) is 5.75 Å². The zero-order valence-electron chi connectivity index (χ0n) is 13.7. The Morgan fingerprint density at radius 2 is 2.00 bits per heavy atom. The SMILES string of the molecule is O=C1NC(=O)C(C#Cc2cncc(-c3ccc(O)c(-c4cn[nH]c4)n3)c2)N1. The normalized spacial score (nSPS) is 15.6. The first-order valence-corrected chi connectivity index (χ1v) is 7.87. The maximum atomic E-state index is 11.5. The second-order valence-electron chi connectivity index (χ2n) is 5.68. The van der Waals surface area contributed by atoms with Crippen LogP contribution in [0.1, 0.15) is 5.56 Å². The number of urea groups is 1. The first-order chi connectivity index (χ1) is 13.1. The van der Waals surface area contributed by atoms with Crippen LogP contribution in [0, 0.1) is 11.8 Å². The van der Waals surface area contributed by atoms with Crippen LogP contribution in [-0.2, 0) is 4.79 Å². The standard InChI is InChI=1S/C18H12N6O3/c25-15-4-3-13(22-16(15)12-8-20-21-9-12)11-5-10(6-19-7-11)1-2-14-17(26)24-18(27)23-14/h3-9,14,25H,(H,20,21)(H2,23,24,26,27). The number of aromatic nitrogens is 4. The molecule has 1 fully saturated rings. The van der Waals surface area contributed by atoms with Crippen LogP contribution in [-0.4, -0.2) is 43.3 Å². The van der Waals surface area contributed by atoms with Gasteiger partial charge in [0.2, 0.25) is 0 Å². The average molecular weight is 360 g/mol. The molecule has 0 aromatic carbocycles. The van der Waals surface area contributed by atoms with Crippen LogP contribution in [0.25, 0.3) is 22.5 Å². The van der Waals surface area contributed by atoms with E-state index in [1.165, 1.54) is 0 Å². The summed E-state index contributed by atoms with van der Waals surface area (Å²) in [5, 5.41) is 21.1. The lowest BCUT2D eigenvalue weighted by atomic mass is 10.1. The summed E-state index contributed by atoms with van der Waals surface area (Å²) < 4.78 is 0. The fourth-order valence-corrected chi connectivity index (χ4v) is 2.53. The lowest BCUT2D eigenvalue weighted by Crippen LogP contribution is -2.26. The Morgan fingerprint density at radius 1 is 1.11 bits per heavy atom. The monoisotopic (exact) mass is 360 g/mol. The van der Waals surface area contributed by atoms with Crippen LogP contribution in [0.5, 0.6) is 5.75 Å². The van der Waals surface area contributed by atoms with E-state index < -0.39 is 18.0 Å². The molecule has 1 atom stereocenters. The van der Waals surface area contributed by atoms with E-state index in [1.807, 2.05) is 0 Å². The molecule has 1 aliphatic heterocycles. The van der Waals surface area contributed by atoms with Crippen molar-refractivity contribution in [3.63, 3.8) is 0 Å². The number of nitrogens with one attached hydrogen (secondary N) is 3. The number of imide groups is 1. The molecule has 4 heterocycles. The predicted octanol–water partition coefficient (Wildman–Crippen LogP) is 0.799. The fraction of sp³-hybridized carbons (Fsp3) is 0.0556. The lowest BCUT2D eigenvalue weighted by molar-refractivity contribution is -0.119. The highest BCUT2D eigenvalue weighted by Crippen LogP contribution is 2.29. The van der Waals surface area contributed by atoms with E-state index in [2.05, 4.69) is 42.6 Å². The summed E-state index contributed by atoms with van der Waals surface area (Å²) in [6.07, 6.45) is 6.36. The molecule has 0 aliphatic carbocycles. The van der Waals surface area contributed by atoms with Crippen molar-refractivity contribution < 1.29 is 14.7 Å². The number of carbonyl (C=O) groups is 2. The molecule has 0 bridgehead atoms. The smallest absolute Gasteiger partial charge is 0.322 e. The first kappa shape index (κ1) is 16.3. The molecular weight excluding hydrogens is 348 g/mol. The summed E-state index contributed by atoms with van der Waals surface area (Å²) in [5.74, 6) is 5.06. The minimum Gasteiger partial charge on any atom is -0.506 e. The molecule has 3 amide bonds. The summed E-state index contributed by atoms with van der Waals surface area (Å²) in [5.41, 5.74) is 2.88. The van der Waals surface area contributed by atoms with E-state index in [1.54, 1.807) is 43.0 Å². The highest BCUT2D eigenvalue weighted by atomic mass is 16.3. The Hall–Kier alpha value is -4.19. The summed E-state index contributed by atoms with van der Waals surface area (Å²) in [6, 6.07) is 3.51. The number of pyridine rings is 2. The molecule has 132 valence electrons. The van der Waals surface area contributed by atoms with Crippen molar-refractivity contribution >= 4 is 11.9 Å². The van der Waals surface area contributed by atoms with Gasteiger partial charge in [-0.2, -0.15) is 5.10 Å². The number of hydrogen-bond donors (Lipinski definition) is 4. The zero-order valence-corrected chi connectivity index (χ0v) is 13.7. The third-order valence-corrected chi connectivity index (χ3v) is 3.81. The van der Waals surface area contributed by atoms with E-state index in [9.17, 15) is 14.7 Å². The number of nitrogens with zero attached hydrogens (tertiary/aromatic N) is 3. The average Bonchev–Trinajstić information content (AvgIpc) is 3.30. The van der Waals surface area contributed by atoms with Crippen LogP contribution in [0.2, 0.25) is 0 Å². The third-order valence-electron chi connectivity index (χ3n) is 3.81. The Morgan fingerprint density at radius 3 is 2.74 bits per heavy atom. The molecule has 3 aromatic rings. The second kappa shape index (κ2) is 6.61. The summed E-state index contributed by atoms with van der Waals surface area (Å²) in [6.45, 7) is 0. The van der Waals surface area contributed by atoms with Gasteiger partial charge in [0.05, 0.1) is 11.9 Å². The number of aromatic hydroxyl groups is 1. The van der Waals surface area contributed by atoms with Crippen molar-refractivity contribution in [1.29, 1.82) is 0 Å². The van der Waals surface area contributed by atoms with E-state index in [0.29, 0.717) is 28.1 Å². The van der Waals surface area contributed by atoms with E-state index >= 15 is 0 Å². The second-order valence-corrected chi connectivity index (χ2v) is 5.68. The van der Waals surface area contributed by atoms with Gasteiger partial charge in [0.25, 0.3) is 5.91 Å². The van der Waals surface area contributed by atoms with E-state index in [4.69, 9.17) is 0 Å². The molecule has 9 heteroatoms. The Bertz CT molecular complexity index is 1100. The van der Waals surface area contributed by atoms with Gasteiger partial charge in [-0.3, -0.25) is 20.2 Å². The van der Waals surface area contributed by atoms with Gasteiger partial charge in [-0.1, -0.05) is 11.8 Å². The van der Waals surface area contributed by atoms with Crippen LogP contribution in [0.15, 0.2) is 43.0 Å². The predicted molar refractivity (Wildman–Crippen MR) is 94.1 cm³/mol. The van der Waals surface area contributed by atoms with Gasteiger partial charge in [-0.05, 0) is 18.2 Å². The van der Waals surface area contributed by atoms with Gasteiger partial charge in [-0.15, -0.1) is 0 Å². The fourth-order valence-electron chi connectivity index (χ4n) is 2.53. The first-order valence-electron chi connectivity index (χ1n) is 7.87. The molecule has 1 unspecified atom stereocenters. The number of aromatic amines is 1. The van der Waals surface area contributed by atoms with Gasteiger partial charge in [0.1, 0.15) is 11.4 Å². The number of amides is 3. The molecule has 4 N–H and O–H groups in total. The van der Waals surface area contributed by atoms with Crippen molar-refractivity contribution in [1.82, 2.24) is 30.8 Å². The number of H-pyrrole nitrogens is 1. The highest BCUT2D eigenvalue weighted by Gasteiger charge is 2.27. The van der Waals surface area contributed by atoms with Crippen LogP contribution >= 0.6 is 0 Å². The quantitative estimate of drug-likeness (QED) is 0.395. The topological polar surface area (TPSA) is 133 Å². The van der Waals surface area contributed by atoms with Gasteiger partial charge < -0.3 is 10.4 Å². The van der Waals surface area contributed by atoms with Crippen LogP contribution < -0.4 is 10.6 Å². The van der Waals surface area contributed by atoms with Gasteiger partial charge in [0.15, 0.2) is 6.04 Å². The van der Waals surface area contributed by atoms with Crippen molar-refractivity contribution in [2.75, 3.05) is 0 Å². The Kier molecular flexibility index (Phi) is 3.99. The van der Waals surface area contributed by atoms with Crippen molar-refractivity contribution in [2.24, 2.45) is 0 Å². The number of rotatable bonds is 2. The number of hydrogen-bond acceptors (Lipinski definition) is 6. The van der Waals surface area contributed by atoms with Crippen LogP contribution in [0.3, 0.4) is 0 Å². The minimum absolute atomic E-state index is 0.0343. The molecule has 0 spiro atoms. The Labute approximate surface area is 152 Å². The summed E-state index contributed by atoms with van der Waals surface area (Å²) in [4.78, 5) is 31.2.